The molecule has 0 radical (unpaired) electrons. The van der Waals surface area contributed by atoms with E-state index in [2.05, 4.69) is 10.5 Å². The van der Waals surface area contributed by atoms with Gasteiger partial charge in [-0.2, -0.15) is 5.10 Å². The second-order valence-electron chi connectivity index (χ2n) is 8.50. The first kappa shape index (κ1) is 26.0. The fraction of sp³-hybridized carbons (Fsp3) is 0.172. The third kappa shape index (κ3) is 6.03. The Balaban J connectivity index is 1.55. The summed E-state index contributed by atoms with van der Waals surface area (Å²) in [6.45, 7) is 4.13. The zero-order chi connectivity index (χ0) is 26.5. The molecule has 37 heavy (non-hydrogen) atoms. The first-order valence-electron chi connectivity index (χ1n) is 11.7. The Morgan fingerprint density at radius 1 is 1.08 bits per heavy atom. The Morgan fingerprint density at radius 3 is 2.51 bits per heavy atom. The van der Waals surface area contributed by atoms with Crippen molar-refractivity contribution in [3.8, 4) is 11.5 Å². The number of phenols is 1. The van der Waals surface area contributed by atoms with Gasteiger partial charge in [-0.15, -0.1) is 0 Å². The van der Waals surface area contributed by atoms with Crippen LogP contribution in [-0.2, 0) is 15.6 Å². The highest BCUT2D eigenvalue weighted by Gasteiger charge is 2.25. The highest BCUT2D eigenvalue weighted by molar-refractivity contribution is 7.84. The number of carbonyl (C=O) groups is 1. The number of halogens is 1. The largest absolute Gasteiger partial charge is 0.504 e. The third-order valence-corrected chi connectivity index (χ3v) is 6.94. The molecule has 1 amide bonds. The van der Waals surface area contributed by atoms with Gasteiger partial charge in [-0.3, -0.25) is 9.00 Å². The predicted molar refractivity (Wildman–Crippen MR) is 145 cm³/mol. The summed E-state index contributed by atoms with van der Waals surface area (Å²) in [5.41, 5.74) is 8.11. The number of amides is 1. The summed E-state index contributed by atoms with van der Waals surface area (Å²) in [7, 11) is -1.06. The maximum Gasteiger partial charge on any atom is 0.244 e. The second-order valence-corrected chi connectivity index (χ2v) is 9.88. The highest BCUT2D eigenvalue weighted by Crippen LogP contribution is 2.43. The van der Waals surface area contributed by atoms with Gasteiger partial charge < -0.3 is 9.84 Å². The number of rotatable bonds is 8. The molecule has 0 spiro atoms. The van der Waals surface area contributed by atoms with Crippen LogP contribution in [0.1, 0.15) is 42.5 Å². The van der Waals surface area contributed by atoms with Crippen LogP contribution in [0.4, 0.5) is 4.39 Å². The summed E-state index contributed by atoms with van der Waals surface area (Å²) < 4.78 is 31.2. The van der Waals surface area contributed by atoms with Crippen LogP contribution < -0.4 is 10.2 Å². The number of aromatic hydroxyl groups is 1. The molecule has 0 bridgehead atoms. The fourth-order valence-electron chi connectivity index (χ4n) is 4.16. The summed E-state index contributed by atoms with van der Waals surface area (Å²) in [4.78, 5) is 13.5. The summed E-state index contributed by atoms with van der Waals surface area (Å²) in [6, 6.07) is 16.8. The number of hydrazone groups is 1. The minimum atomic E-state index is -1.06. The molecule has 0 aliphatic heterocycles. The van der Waals surface area contributed by atoms with Crippen molar-refractivity contribution in [1.29, 1.82) is 0 Å². The minimum absolute atomic E-state index is 0.0183. The van der Waals surface area contributed by atoms with Crippen molar-refractivity contribution in [2.24, 2.45) is 5.10 Å². The van der Waals surface area contributed by atoms with Gasteiger partial charge in [0.2, 0.25) is 5.91 Å². The standard InChI is InChI=1S/C29H27FN2O4S/c1-4-36-28-14-20(7-12-27(28)33)17-31-32-29(34)16-25-18(2)24(23-11-8-21(30)15-26(23)25)13-19-5-9-22(10-6-19)37(3)35/h5-15,17,33H,4,16H2,1-3H3,(H,32,34)/b24-13-,31-17-. The summed E-state index contributed by atoms with van der Waals surface area (Å²) in [5.74, 6) is -0.366. The average molecular weight is 519 g/mol. The van der Waals surface area contributed by atoms with Crippen molar-refractivity contribution in [3.63, 3.8) is 0 Å². The van der Waals surface area contributed by atoms with Gasteiger partial charge in [0.05, 0.1) is 19.2 Å². The Bertz CT molecular complexity index is 1460. The average Bonchev–Trinajstić information content (AvgIpc) is 3.11. The molecule has 3 aromatic carbocycles. The molecule has 3 aromatic rings. The molecule has 0 saturated heterocycles. The third-order valence-electron chi connectivity index (χ3n) is 6.00. The predicted octanol–water partition coefficient (Wildman–Crippen LogP) is 5.54. The lowest BCUT2D eigenvalue weighted by atomic mass is 10.0. The zero-order valence-electron chi connectivity index (χ0n) is 20.7. The number of phenolic OH excluding ortho intramolecular Hbond substituents is 1. The van der Waals surface area contributed by atoms with Crippen LogP contribution in [0, 0.1) is 5.82 Å². The first-order chi connectivity index (χ1) is 17.8. The van der Waals surface area contributed by atoms with E-state index < -0.39 is 10.8 Å². The molecule has 8 heteroatoms. The Morgan fingerprint density at radius 2 is 1.81 bits per heavy atom. The second kappa shape index (κ2) is 11.3. The summed E-state index contributed by atoms with van der Waals surface area (Å²) >= 11 is 0. The molecule has 1 aliphatic rings. The quantitative estimate of drug-likeness (QED) is 0.303. The van der Waals surface area contributed by atoms with E-state index in [9.17, 15) is 18.5 Å². The van der Waals surface area contributed by atoms with Gasteiger partial charge in [0.15, 0.2) is 11.5 Å². The number of ether oxygens (including phenoxy) is 1. The van der Waals surface area contributed by atoms with Crippen LogP contribution in [0.5, 0.6) is 11.5 Å². The van der Waals surface area contributed by atoms with Crippen molar-refractivity contribution in [3.05, 3.63) is 94.3 Å². The highest BCUT2D eigenvalue weighted by atomic mass is 32.2. The van der Waals surface area contributed by atoms with E-state index in [0.717, 1.165) is 32.7 Å². The smallest absolute Gasteiger partial charge is 0.244 e. The first-order valence-corrected chi connectivity index (χ1v) is 13.3. The van der Waals surface area contributed by atoms with E-state index in [0.29, 0.717) is 23.5 Å². The monoisotopic (exact) mass is 518 g/mol. The van der Waals surface area contributed by atoms with Crippen LogP contribution in [-0.4, -0.2) is 34.3 Å². The van der Waals surface area contributed by atoms with Crippen molar-refractivity contribution in [1.82, 2.24) is 5.43 Å². The molecular weight excluding hydrogens is 491 g/mol. The summed E-state index contributed by atoms with van der Waals surface area (Å²) in [5, 5.41) is 13.8. The molecule has 1 unspecified atom stereocenters. The van der Waals surface area contributed by atoms with Gasteiger partial charge in [0, 0.05) is 22.0 Å². The number of allylic oxidation sites excluding steroid dienone is 2. The van der Waals surface area contributed by atoms with E-state index in [1.807, 2.05) is 44.2 Å². The Labute approximate surface area is 217 Å². The molecule has 2 N–H and O–H groups in total. The topological polar surface area (TPSA) is 88.0 Å². The Kier molecular flexibility index (Phi) is 7.98. The van der Waals surface area contributed by atoms with Gasteiger partial charge >= 0.3 is 0 Å². The molecule has 0 fully saturated rings. The molecule has 190 valence electrons. The number of benzene rings is 3. The SMILES string of the molecule is CCOc1cc(/C=N\NC(=O)CC2=C(C)/C(=C/c3ccc(S(C)=O)cc3)c3ccc(F)cc32)ccc1O. The molecular formula is C29H27FN2O4S. The molecule has 4 rings (SSSR count). The normalized spacial score (nSPS) is 14.8. The minimum Gasteiger partial charge on any atom is -0.504 e. The molecule has 0 saturated carbocycles. The van der Waals surface area contributed by atoms with Crippen molar-refractivity contribution in [2.75, 3.05) is 12.9 Å². The van der Waals surface area contributed by atoms with E-state index in [-0.39, 0.29) is 23.9 Å². The molecule has 0 heterocycles. The van der Waals surface area contributed by atoms with Crippen LogP contribution in [0.2, 0.25) is 0 Å². The van der Waals surface area contributed by atoms with Gasteiger partial charge in [-0.1, -0.05) is 18.2 Å². The number of carbonyl (C=O) groups excluding carboxylic acids is 1. The molecule has 1 atom stereocenters. The summed E-state index contributed by atoms with van der Waals surface area (Å²) in [6.07, 6.45) is 5.09. The number of nitrogens with one attached hydrogen (secondary N) is 1. The fourth-order valence-corrected chi connectivity index (χ4v) is 4.68. The number of fused-ring (bicyclic) bond motifs is 1. The number of hydrogen-bond acceptors (Lipinski definition) is 5. The lowest BCUT2D eigenvalue weighted by Crippen LogP contribution is -2.17. The van der Waals surface area contributed by atoms with E-state index in [1.165, 1.54) is 24.4 Å². The van der Waals surface area contributed by atoms with Crippen molar-refractivity contribution >= 4 is 40.1 Å². The number of nitrogens with zero attached hydrogens (tertiary/aromatic N) is 1. The van der Waals surface area contributed by atoms with Crippen molar-refractivity contribution in [2.45, 2.75) is 25.2 Å². The maximum atomic E-state index is 14.2. The van der Waals surface area contributed by atoms with Crippen molar-refractivity contribution < 1.29 is 23.2 Å². The van der Waals surface area contributed by atoms with Gasteiger partial charge in [-0.05, 0) is 101 Å². The Hall–Kier alpha value is -4.04. The number of hydrogen-bond donors (Lipinski definition) is 2. The molecule has 1 aliphatic carbocycles. The maximum absolute atomic E-state index is 14.2. The zero-order valence-corrected chi connectivity index (χ0v) is 21.6. The van der Waals surface area contributed by atoms with Crippen LogP contribution in [0.3, 0.4) is 0 Å². The lowest BCUT2D eigenvalue weighted by Gasteiger charge is -2.07. The lowest BCUT2D eigenvalue weighted by molar-refractivity contribution is -0.120. The van der Waals surface area contributed by atoms with Crippen LogP contribution in [0.15, 0.2) is 76.2 Å². The molecule has 0 aromatic heterocycles. The van der Waals surface area contributed by atoms with Gasteiger partial charge in [0.25, 0.3) is 0 Å². The van der Waals surface area contributed by atoms with E-state index in [4.69, 9.17) is 4.74 Å². The van der Waals surface area contributed by atoms with Gasteiger partial charge in [-0.25, -0.2) is 9.82 Å². The van der Waals surface area contributed by atoms with Crippen LogP contribution in [0.25, 0.3) is 17.2 Å². The van der Waals surface area contributed by atoms with E-state index in [1.54, 1.807) is 24.5 Å². The van der Waals surface area contributed by atoms with Crippen LogP contribution >= 0.6 is 0 Å². The molecule has 6 nitrogen and oxygen atoms in total. The van der Waals surface area contributed by atoms with E-state index >= 15 is 0 Å². The van der Waals surface area contributed by atoms with Gasteiger partial charge in [0.1, 0.15) is 5.82 Å².